The van der Waals surface area contributed by atoms with Crippen LogP contribution in [0, 0.1) is 0 Å². The Kier molecular flexibility index (Phi) is 4.06. The van der Waals surface area contributed by atoms with Crippen LogP contribution in [0.3, 0.4) is 0 Å². The first-order valence-electron chi connectivity index (χ1n) is 7.67. The molecule has 23 heavy (non-hydrogen) atoms. The van der Waals surface area contributed by atoms with E-state index in [4.69, 9.17) is 0 Å². The molecule has 2 aromatic carbocycles. The number of rotatable bonds is 5. The van der Waals surface area contributed by atoms with Gasteiger partial charge in [-0.05, 0) is 17.7 Å². The van der Waals surface area contributed by atoms with Gasteiger partial charge in [0.15, 0.2) is 5.78 Å². The molecule has 3 rings (SSSR count). The number of ketones is 1. The fourth-order valence-electron chi connectivity index (χ4n) is 2.91. The van der Waals surface area contributed by atoms with Gasteiger partial charge in [-0.2, -0.15) is 0 Å². The fourth-order valence-corrected chi connectivity index (χ4v) is 2.91. The monoisotopic (exact) mass is 307 g/mol. The third-order valence-electron chi connectivity index (χ3n) is 4.13. The number of amides is 2. The van der Waals surface area contributed by atoms with Crippen molar-refractivity contribution in [2.75, 3.05) is 0 Å². The Bertz CT molecular complexity index is 732. The van der Waals surface area contributed by atoms with Gasteiger partial charge in [-0.15, -0.1) is 0 Å². The molecule has 0 bridgehead atoms. The summed E-state index contributed by atoms with van der Waals surface area (Å²) in [5, 5.41) is 0. The van der Waals surface area contributed by atoms with E-state index < -0.39 is 6.04 Å². The van der Waals surface area contributed by atoms with Crippen LogP contribution in [-0.4, -0.2) is 28.5 Å². The number of carbonyl (C=O) groups excluding carboxylic acids is 3. The summed E-state index contributed by atoms with van der Waals surface area (Å²) in [5.41, 5.74) is 1.68. The largest absolute Gasteiger partial charge is 0.297 e. The first-order valence-corrected chi connectivity index (χ1v) is 7.67. The molecule has 2 aromatic rings. The van der Waals surface area contributed by atoms with Crippen LogP contribution in [0.2, 0.25) is 0 Å². The molecule has 2 amide bonds. The van der Waals surface area contributed by atoms with E-state index in [0.717, 1.165) is 10.5 Å². The van der Waals surface area contributed by atoms with E-state index in [1.54, 1.807) is 31.2 Å². The molecule has 1 aliphatic heterocycles. The molecule has 0 saturated heterocycles. The van der Waals surface area contributed by atoms with E-state index in [2.05, 4.69) is 0 Å². The summed E-state index contributed by atoms with van der Waals surface area (Å²) < 4.78 is 0. The second kappa shape index (κ2) is 6.16. The predicted octanol–water partition coefficient (Wildman–Crippen LogP) is 2.87. The Morgan fingerprint density at radius 1 is 0.913 bits per heavy atom. The molecule has 0 radical (unpaired) electrons. The van der Waals surface area contributed by atoms with Gasteiger partial charge in [-0.3, -0.25) is 19.3 Å². The molecule has 0 spiro atoms. The van der Waals surface area contributed by atoms with Crippen LogP contribution in [0.5, 0.6) is 0 Å². The Labute approximate surface area is 134 Å². The number of imide groups is 1. The van der Waals surface area contributed by atoms with Crippen molar-refractivity contribution in [3.8, 4) is 0 Å². The third-order valence-corrected chi connectivity index (χ3v) is 4.13. The summed E-state index contributed by atoms with van der Waals surface area (Å²) >= 11 is 0. The van der Waals surface area contributed by atoms with Crippen molar-refractivity contribution in [1.82, 2.24) is 4.90 Å². The maximum absolute atomic E-state index is 12.6. The predicted molar refractivity (Wildman–Crippen MR) is 86.2 cm³/mol. The topological polar surface area (TPSA) is 54.5 Å². The van der Waals surface area contributed by atoms with Crippen LogP contribution in [-0.2, 0) is 11.2 Å². The number of nitrogens with zero attached hydrogens (tertiary/aromatic N) is 1. The van der Waals surface area contributed by atoms with E-state index in [1.807, 2.05) is 30.3 Å². The zero-order chi connectivity index (χ0) is 16.4. The molecule has 0 N–H and O–H groups in total. The first-order chi connectivity index (χ1) is 11.1. The molecule has 1 atom stereocenters. The number of carbonyl (C=O) groups is 3. The lowest BCUT2D eigenvalue weighted by Gasteiger charge is -2.25. The van der Waals surface area contributed by atoms with Crippen molar-refractivity contribution in [2.45, 2.75) is 25.8 Å². The van der Waals surface area contributed by atoms with Crippen molar-refractivity contribution in [3.63, 3.8) is 0 Å². The van der Waals surface area contributed by atoms with E-state index in [9.17, 15) is 14.4 Å². The standard InChI is InChI=1S/C19H17NO3/c1-2-17(21)16(12-13-8-4-3-5-9-13)20-18(22)14-10-6-7-11-15(14)19(20)23/h3-11,16H,2,12H2,1H3/t16-/m0/s1. The van der Waals surface area contributed by atoms with E-state index in [-0.39, 0.29) is 24.0 Å². The van der Waals surface area contributed by atoms with Gasteiger partial charge >= 0.3 is 0 Å². The molecule has 0 fully saturated rings. The van der Waals surface area contributed by atoms with Crippen LogP contribution in [0.15, 0.2) is 54.6 Å². The minimum absolute atomic E-state index is 0.108. The highest BCUT2D eigenvalue weighted by molar-refractivity contribution is 6.22. The van der Waals surface area contributed by atoms with Gasteiger partial charge in [0, 0.05) is 12.8 Å². The van der Waals surface area contributed by atoms with Crippen LogP contribution in [0.1, 0.15) is 39.6 Å². The summed E-state index contributed by atoms with van der Waals surface area (Å²) in [7, 11) is 0. The minimum atomic E-state index is -0.755. The van der Waals surface area contributed by atoms with E-state index in [1.165, 1.54) is 0 Å². The molecule has 116 valence electrons. The number of benzene rings is 2. The molecule has 0 unspecified atom stereocenters. The summed E-state index contributed by atoms with van der Waals surface area (Å²) in [6.07, 6.45) is 0.629. The highest BCUT2D eigenvalue weighted by atomic mass is 16.2. The Morgan fingerprint density at radius 3 is 1.96 bits per heavy atom. The van der Waals surface area contributed by atoms with Crippen molar-refractivity contribution >= 4 is 17.6 Å². The lowest BCUT2D eigenvalue weighted by atomic mass is 9.99. The van der Waals surface area contributed by atoms with Gasteiger partial charge in [0.2, 0.25) is 0 Å². The number of fused-ring (bicyclic) bond motifs is 1. The molecule has 4 heteroatoms. The molecule has 1 aliphatic rings. The van der Waals surface area contributed by atoms with Crippen LogP contribution >= 0.6 is 0 Å². The Balaban J connectivity index is 1.97. The van der Waals surface area contributed by atoms with Gasteiger partial charge in [0.25, 0.3) is 11.8 Å². The molecular weight excluding hydrogens is 290 g/mol. The highest BCUT2D eigenvalue weighted by Crippen LogP contribution is 2.26. The third kappa shape index (κ3) is 2.68. The second-order valence-electron chi connectivity index (χ2n) is 5.55. The number of hydrogen-bond donors (Lipinski definition) is 0. The Hall–Kier alpha value is -2.75. The van der Waals surface area contributed by atoms with E-state index in [0.29, 0.717) is 17.5 Å². The van der Waals surface area contributed by atoms with Crippen molar-refractivity contribution in [3.05, 3.63) is 71.3 Å². The SMILES string of the molecule is CCC(=O)[C@H](Cc1ccccc1)N1C(=O)c2ccccc2C1=O. The van der Waals surface area contributed by atoms with Crippen molar-refractivity contribution < 1.29 is 14.4 Å². The Morgan fingerprint density at radius 2 is 1.43 bits per heavy atom. The molecule has 0 saturated carbocycles. The zero-order valence-electron chi connectivity index (χ0n) is 12.9. The average Bonchev–Trinajstić information content (AvgIpc) is 2.85. The number of Topliss-reactive ketones (excluding diaryl/α,β-unsaturated/α-hetero) is 1. The highest BCUT2D eigenvalue weighted by Gasteiger charge is 2.41. The summed E-state index contributed by atoms with van der Waals surface area (Å²) in [4.78, 5) is 38.8. The minimum Gasteiger partial charge on any atom is -0.297 e. The molecule has 0 aromatic heterocycles. The summed E-state index contributed by atoms with van der Waals surface area (Å²) in [6.45, 7) is 1.75. The van der Waals surface area contributed by atoms with Gasteiger partial charge in [0.1, 0.15) is 6.04 Å². The number of hydrogen-bond acceptors (Lipinski definition) is 3. The van der Waals surface area contributed by atoms with Gasteiger partial charge in [-0.1, -0.05) is 49.4 Å². The fraction of sp³-hybridized carbons (Fsp3) is 0.211. The normalized spacial score (nSPS) is 14.7. The molecule has 0 aliphatic carbocycles. The van der Waals surface area contributed by atoms with Crippen LogP contribution < -0.4 is 0 Å². The maximum atomic E-state index is 12.6. The zero-order valence-corrected chi connectivity index (χ0v) is 12.9. The van der Waals surface area contributed by atoms with Crippen molar-refractivity contribution in [1.29, 1.82) is 0 Å². The average molecular weight is 307 g/mol. The first kappa shape index (κ1) is 15.2. The maximum Gasteiger partial charge on any atom is 0.262 e. The van der Waals surface area contributed by atoms with Gasteiger partial charge in [-0.25, -0.2) is 0 Å². The van der Waals surface area contributed by atoms with Crippen LogP contribution in [0.4, 0.5) is 0 Å². The molecular formula is C19H17NO3. The summed E-state index contributed by atoms with van der Waals surface area (Å²) in [6, 6.07) is 15.4. The summed E-state index contributed by atoms with van der Waals surface area (Å²) in [5.74, 6) is -0.870. The molecule has 1 heterocycles. The van der Waals surface area contributed by atoms with Crippen molar-refractivity contribution in [2.24, 2.45) is 0 Å². The van der Waals surface area contributed by atoms with E-state index >= 15 is 0 Å². The molecule has 4 nitrogen and oxygen atoms in total. The lowest BCUT2D eigenvalue weighted by molar-refractivity contribution is -0.122. The van der Waals surface area contributed by atoms with Gasteiger partial charge < -0.3 is 0 Å². The van der Waals surface area contributed by atoms with Crippen LogP contribution in [0.25, 0.3) is 0 Å². The lowest BCUT2D eigenvalue weighted by Crippen LogP contribution is -2.46. The smallest absolute Gasteiger partial charge is 0.262 e. The quantitative estimate of drug-likeness (QED) is 0.798. The van der Waals surface area contributed by atoms with Gasteiger partial charge in [0.05, 0.1) is 11.1 Å². The second-order valence-corrected chi connectivity index (χ2v) is 5.55.